The van der Waals surface area contributed by atoms with E-state index in [1.54, 1.807) is 12.1 Å². The van der Waals surface area contributed by atoms with Crippen LogP contribution in [0.1, 0.15) is 35.4 Å². The van der Waals surface area contributed by atoms with Crippen LogP contribution in [-0.4, -0.2) is 18.0 Å². The van der Waals surface area contributed by atoms with E-state index in [9.17, 15) is 4.79 Å². The predicted octanol–water partition coefficient (Wildman–Crippen LogP) is 6.80. The molecule has 1 aliphatic heterocycles. The monoisotopic (exact) mass is 443 g/mol. The number of halogens is 1. The smallest absolute Gasteiger partial charge is 0.336 e. The number of hydrogen-bond donors (Lipinski definition) is 0. The Morgan fingerprint density at radius 3 is 2.50 bits per heavy atom. The summed E-state index contributed by atoms with van der Waals surface area (Å²) in [6.45, 7) is 5.04. The van der Waals surface area contributed by atoms with Gasteiger partial charge in [0.1, 0.15) is 5.58 Å². The molecule has 4 aromatic rings. The number of piperidine rings is 1. The highest BCUT2D eigenvalue weighted by Gasteiger charge is 2.22. The molecular formula is C28H26ClNO2. The van der Waals surface area contributed by atoms with Crippen LogP contribution in [0.4, 0.5) is 0 Å². The van der Waals surface area contributed by atoms with E-state index >= 15 is 0 Å². The van der Waals surface area contributed by atoms with Gasteiger partial charge in [-0.2, -0.15) is 0 Å². The van der Waals surface area contributed by atoms with Crippen molar-refractivity contribution < 1.29 is 4.42 Å². The van der Waals surface area contributed by atoms with Gasteiger partial charge >= 0.3 is 5.63 Å². The fourth-order valence-corrected chi connectivity index (χ4v) is 5.01. The van der Waals surface area contributed by atoms with E-state index < -0.39 is 0 Å². The maximum atomic E-state index is 12.1. The number of benzene rings is 3. The second-order valence-corrected chi connectivity index (χ2v) is 9.16. The highest BCUT2D eigenvalue weighted by molar-refractivity contribution is 6.32. The lowest BCUT2D eigenvalue weighted by Crippen LogP contribution is -2.32. The normalized spacial score (nSPS) is 15.3. The van der Waals surface area contributed by atoms with Gasteiger partial charge in [-0.15, -0.1) is 0 Å². The van der Waals surface area contributed by atoms with Crippen molar-refractivity contribution in [3.63, 3.8) is 0 Å². The number of fused-ring (bicyclic) bond motifs is 1. The van der Waals surface area contributed by atoms with Crippen LogP contribution >= 0.6 is 11.6 Å². The van der Waals surface area contributed by atoms with E-state index in [0.717, 1.165) is 54.6 Å². The first kappa shape index (κ1) is 21.0. The van der Waals surface area contributed by atoms with Crippen molar-refractivity contribution in [2.45, 2.75) is 32.2 Å². The molecule has 1 fully saturated rings. The van der Waals surface area contributed by atoms with Gasteiger partial charge in [0.05, 0.1) is 0 Å². The van der Waals surface area contributed by atoms with Crippen LogP contribution < -0.4 is 5.63 Å². The molecule has 0 radical (unpaired) electrons. The van der Waals surface area contributed by atoms with Gasteiger partial charge in [0.2, 0.25) is 0 Å². The Bertz CT molecular complexity index is 1300. The van der Waals surface area contributed by atoms with Crippen molar-refractivity contribution in [3.8, 4) is 11.1 Å². The van der Waals surface area contributed by atoms with Crippen LogP contribution in [0.5, 0.6) is 0 Å². The van der Waals surface area contributed by atoms with Gasteiger partial charge < -0.3 is 4.42 Å². The molecule has 0 unspecified atom stereocenters. The van der Waals surface area contributed by atoms with E-state index in [1.807, 2.05) is 30.3 Å². The van der Waals surface area contributed by atoms with Gasteiger partial charge in [0, 0.05) is 29.1 Å². The first-order valence-corrected chi connectivity index (χ1v) is 11.6. The molecule has 0 N–H and O–H groups in total. The fraction of sp³-hybridized carbons (Fsp3) is 0.250. The quantitative estimate of drug-likeness (QED) is 0.325. The zero-order valence-corrected chi connectivity index (χ0v) is 18.9. The zero-order chi connectivity index (χ0) is 22.1. The number of nitrogens with zero attached hydrogens (tertiary/aromatic N) is 1. The van der Waals surface area contributed by atoms with Crippen molar-refractivity contribution in [2.75, 3.05) is 13.1 Å². The van der Waals surface area contributed by atoms with Crippen LogP contribution in [0.25, 0.3) is 22.1 Å². The molecule has 1 aromatic heterocycles. The number of aryl methyl sites for hydroxylation is 1. The summed E-state index contributed by atoms with van der Waals surface area (Å²) in [5, 5.41) is 1.57. The molecular weight excluding hydrogens is 418 g/mol. The second-order valence-electron chi connectivity index (χ2n) is 8.75. The molecule has 3 aromatic carbocycles. The highest BCUT2D eigenvalue weighted by Crippen LogP contribution is 2.33. The molecule has 162 valence electrons. The van der Waals surface area contributed by atoms with Crippen molar-refractivity contribution in [2.24, 2.45) is 0 Å². The summed E-state index contributed by atoms with van der Waals surface area (Å²) < 4.78 is 5.47. The number of hydrogen-bond acceptors (Lipinski definition) is 3. The van der Waals surface area contributed by atoms with Crippen molar-refractivity contribution in [1.82, 2.24) is 4.90 Å². The largest absolute Gasteiger partial charge is 0.423 e. The van der Waals surface area contributed by atoms with E-state index in [4.69, 9.17) is 16.0 Å². The Balaban J connectivity index is 1.40. The lowest BCUT2D eigenvalue weighted by molar-refractivity contribution is 0.205. The lowest BCUT2D eigenvalue weighted by atomic mass is 9.88. The van der Waals surface area contributed by atoms with Crippen LogP contribution in [0.2, 0.25) is 5.02 Å². The van der Waals surface area contributed by atoms with E-state index in [0.29, 0.717) is 16.5 Å². The predicted molar refractivity (Wildman–Crippen MR) is 131 cm³/mol. The van der Waals surface area contributed by atoms with Crippen molar-refractivity contribution >= 4 is 22.6 Å². The Morgan fingerprint density at radius 2 is 1.75 bits per heavy atom. The van der Waals surface area contributed by atoms with E-state index in [2.05, 4.69) is 42.2 Å². The maximum absolute atomic E-state index is 12.1. The van der Waals surface area contributed by atoms with Crippen LogP contribution in [-0.2, 0) is 6.54 Å². The van der Waals surface area contributed by atoms with Gasteiger partial charge in [-0.1, -0.05) is 71.8 Å². The first-order chi connectivity index (χ1) is 15.6. The molecule has 0 amide bonds. The maximum Gasteiger partial charge on any atom is 0.336 e. The minimum Gasteiger partial charge on any atom is -0.423 e. The molecule has 0 spiro atoms. The topological polar surface area (TPSA) is 33.5 Å². The molecule has 1 saturated heterocycles. The van der Waals surface area contributed by atoms with Gasteiger partial charge in [-0.3, -0.25) is 4.90 Å². The van der Waals surface area contributed by atoms with Gasteiger partial charge in [0.15, 0.2) is 0 Å². The Morgan fingerprint density at radius 1 is 0.969 bits per heavy atom. The summed E-state index contributed by atoms with van der Waals surface area (Å²) in [5.41, 5.74) is 5.90. The SMILES string of the molecule is Cc1cccc(C2CCN(Cc3cc4c(-c5ccccc5)cc(=O)oc4cc3Cl)CC2)c1. The van der Waals surface area contributed by atoms with Gasteiger partial charge in [-0.25, -0.2) is 4.79 Å². The molecule has 2 heterocycles. The average Bonchev–Trinajstić information content (AvgIpc) is 2.80. The summed E-state index contributed by atoms with van der Waals surface area (Å²) in [5.74, 6) is 0.622. The van der Waals surface area contributed by atoms with Crippen molar-refractivity contribution in [3.05, 3.63) is 105 Å². The molecule has 0 aliphatic carbocycles. The van der Waals surface area contributed by atoms with Crippen LogP contribution in [0.3, 0.4) is 0 Å². The lowest BCUT2D eigenvalue weighted by Gasteiger charge is -2.32. The molecule has 32 heavy (non-hydrogen) atoms. The molecule has 0 atom stereocenters. The van der Waals surface area contributed by atoms with E-state index in [1.165, 1.54) is 11.1 Å². The molecule has 5 rings (SSSR count). The summed E-state index contributed by atoms with van der Waals surface area (Å²) in [7, 11) is 0. The number of rotatable bonds is 4. The molecule has 0 bridgehead atoms. The zero-order valence-electron chi connectivity index (χ0n) is 18.2. The van der Waals surface area contributed by atoms with Gasteiger partial charge in [-0.05, 0) is 67.1 Å². The summed E-state index contributed by atoms with van der Waals surface area (Å²) >= 11 is 6.63. The molecule has 0 saturated carbocycles. The Kier molecular flexibility index (Phi) is 5.86. The fourth-order valence-electron chi connectivity index (χ4n) is 4.80. The second kappa shape index (κ2) is 8.93. The third-order valence-corrected chi connectivity index (χ3v) is 6.84. The van der Waals surface area contributed by atoms with Crippen LogP contribution in [0, 0.1) is 6.92 Å². The molecule has 4 heteroatoms. The summed E-state index contributed by atoms with van der Waals surface area (Å²) in [6, 6.07) is 24.3. The summed E-state index contributed by atoms with van der Waals surface area (Å²) in [4.78, 5) is 14.6. The van der Waals surface area contributed by atoms with Crippen molar-refractivity contribution in [1.29, 1.82) is 0 Å². The van der Waals surface area contributed by atoms with E-state index in [-0.39, 0.29) is 5.63 Å². The number of likely N-dealkylation sites (tertiary alicyclic amines) is 1. The standard InChI is InChI=1S/C28H26ClNO2/c1-19-6-5-9-22(14-19)20-10-12-30(13-11-20)18-23-15-25-24(21-7-3-2-4-8-21)16-28(31)32-27(25)17-26(23)29/h2-9,14-17,20H,10-13,18H2,1H3. The third-order valence-electron chi connectivity index (χ3n) is 6.49. The van der Waals surface area contributed by atoms with Gasteiger partial charge in [0.25, 0.3) is 0 Å². The Hall–Kier alpha value is -2.88. The average molecular weight is 444 g/mol. The summed E-state index contributed by atoms with van der Waals surface area (Å²) in [6.07, 6.45) is 2.30. The minimum atomic E-state index is -0.363. The highest BCUT2D eigenvalue weighted by atomic mass is 35.5. The van der Waals surface area contributed by atoms with Crippen LogP contribution in [0.15, 0.2) is 82.0 Å². The molecule has 1 aliphatic rings. The third kappa shape index (κ3) is 4.36. The Labute approximate surface area is 193 Å². The first-order valence-electron chi connectivity index (χ1n) is 11.2. The molecule has 3 nitrogen and oxygen atoms in total. The minimum absolute atomic E-state index is 0.363.